The Labute approximate surface area is 200 Å². The highest BCUT2D eigenvalue weighted by molar-refractivity contribution is 7.92. The van der Waals surface area contributed by atoms with E-state index in [1.807, 2.05) is 0 Å². The van der Waals surface area contributed by atoms with Crippen molar-refractivity contribution in [2.24, 2.45) is 5.73 Å². The van der Waals surface area contributed by atoms with Crippen molar-refractivity contribution in [2.45, 2.75) is 25.9 Å². The van der Waals surface area contributed by atoms with E-state index in [9.17, 15) is 26.7 Å². The Morgan fingerprint density at radius 2 is 1.80 bits per heavy atom. The fraction of sp³-hybridized carbons (Fsp3) is 0.286. The van der Waals surface area contributed by atoms with Crippen molar-refractivity contribution in [3.05, 3.63) is 65.0 Å². The largest absolute Gasteiger partial charge is 0.421 e. The van der Waals surface area contributed by atoms with Gasteiger partial charge in [0, 0.05) is 36.7 Å². The van der Waals surface area contributed by atoms with Gasteiger partial charge in [0.1, 0.15) is 23.4 Å². The summed E-state index contributed by atoms with van der Waals surface area (Å²) in [6, 6.07) is 9.40. The van der Waals surface area contributed by atoms with E-state index in [1.165, 1.54) is 7.05 Å². The number of alkyl halides is 3. The maximum atomic E-state index is 13.6. The molecule has 0 saturated heterocycles. The molecule has 0 spiro atoms. The summed E-state index contributed by atoms with van der Waals surface area (Å²) < 4.78 is 65.7. The van der Waals surface area contributed by atoms with Gasteiger partial charge in [-0.3, -0.25) is 4.31 Å². The van der Waals surface area contributed by atoms with Crippen molar-refractivity contribution < 1.29 is 26.7 Å². The van der Waals surface area contributed by atoms with E-state index >= 15 is 0 Å². The molecule has 35 heavy (non-hydrogen) atoms. The van der Waals surface area contributed by atoms with Gasteiger partial charge in [0.15, 0.2) is 0 Å². The number of aliphatic hydroxyl groups excluding tert-OH is 1. The first kappa shape index (κ1) is 26.1. The number of aromatic nitrogens is 3. The van der Waals surface area contributed by atoms with Crippen molar-refractivity contribution in [3.63, 3.8) is 0 Å². The smallest absolute Gasteiger partial charge is 0.375 e. The highest BCUT2D eigenvalue weighted by atomic mass is 32.2. The lowest BCUT2D eigenvalue weighted by Crippen LogP contribution is -2.27. The van der Waals surface area contributed by atoms with E-state index < -0.39 is 33.8 Å². The number of halogens is 3. The van der Waals surface area contributed by atoms with Crippen LogP contribution in [0.3, 0.4) is 0 Å². The molecule has 1 unspecified atom stereocenters. The van der Waals surface area contributed by atoms with Crippen molar-refractivity contribution >= 4 is 33.3 Å². The number of aliphatic hydroxyl groups is 1. The number of hydrogen-bond acceptors (Lipinski definition) is 9. The van der Waals surface area contributed by atoms with E-state index in [-0.39, 0.29) is 18.3 Å². The third kappa shape index (κ3) is 6.55. The molecular weight excluding hydrogens is 487 g/mol. The third-order valence-electron chi connectivity index (χ3n) is 4.94. The summed E-state index contributed by atoms with van der Waals surface area (Å²) in [4.78, 5) is 11.9. The Kier molecular flexibility index (Phi) is 7.47. The zero-order chi connectivity index (χ0) is 26.0. The van der Waals surface area contributed by atoms with Gasteiger partial charge in [0.05, 0.1) is 6.26 Å². The summed E-state index contributed by atoms with van der Waals surface area (Å²) in [6.07, 6.45) is -4.26. The summed E-state index contributed by atoms with van der Waals surface area (Å²) in [5, 5.41) is 14.8. The van der Waals surface area contributed by atoms with E-state index in [1.54, 1.807) is 43.3 Å². The van der Waals surface area contributed by atoms with Crippen LogP contribution in [0.15, 0.2) is 42.6 Å². The van der Waals surface area contributed by atoms with Crippen LogP contribution in [-0.2, 0) is 22.7 Å². The van der Waals surface area contributed by atoms with Gasteiger partial charge in [-0.1, -0.05) is 18.2 Å². The molecule has 1 aromatic carbocycles. The highest BCUT2D eigenvalue weighted by Gasteiger charge is 2.35. The first-order chi connectivity index (χ1) is 16.3. The van der Waals surface area contributed by atoms with Crippen LogP contribution in [0.2, 0.25) is 0 Å². The Balaban J connectivity index is 1.91. The average Bonchev–Trinajstić information content (AvgIpc) is 2.76. The lowest BCUT2D eigenvalue weighted by molar-refractivity contribution is -0.137. The van der Waals surface area contributed by atoms with Crippen molar-refractivity contribution in [1.82, 2.24) is 15.0 Å². The summed E-state index contributed by atoms with van der Waals surface area (Å²) in [6.45, 7) is 1.48. The first-order valence-electron chi connectivity index (χ1n) is 10.1. The minimum Gasteiger partial charge on any atom is -0.375 e. The number of nitrogens with two attached hydrogens (primary N) is 1. The molecular formula is C21H24F3N7O3S. The predicted molar refractivity (Wildman–Crippen MR) is 125 cm³/mol. The number of sulfonamides is 1. The molecule has 0 aliphatic heterocycles. The van der Waals surface area contributed by atoms with Crippen LogP contribution in [0.1, 0.15) is 28.6 Å². The normalized spacial score (nSPS) is 12.8. The van der Waals surface area contributed by atoms with E-state index in [4.69, 9.17) is 5.73 Å². The standard InChI is InChI=1S/C21H24F3N7O3S/c1-12-4-5-14(19(28-12)31(2)35(3,33)34)10-26-18-16(21(22,23)24)11-27-20(30-18)29-15-8-6-13(7-9-15)17(25)32/h4-9,11,17,32H,10,25H2,1-3H3,(H2,26,27,29,30). The summed E-state index contributed by atoms with van der Waals surface area (Å²) in [7, 11) is -2.35. The van der Waals surface area contributed by atoms with Crippen molar-refractivity contribution in [3.8, 4) is 0 Å². The van der Waals surface area contributed by atoms with E-state index in [0.717, 1.165) is 10.6 Å². The molecule has 0 aliphatic carbocycles. The summed E-state index contributed by atoms with van der Waals surface area (Å²) in [5.74, 6) is -0.530. The van der Waals surface area contributed by atoms with Crippen LogP contribution in [0.4, 0.5) is 36.4 Å². The molecule has 1 atom stereocenters. The fourth-order valence-electron chi connectivity index (χ4n) is 3.00. The molecule has 0 bridgehead atoms. The summed E-state index contributed by atoms with van der Waals surface area (Å²) in [5.41, 5.74) is 6.09. The van der Waals surface area contributed by atoms with Crippen LogP contribution < -0.4 is 20.7 Å². The molecule has 14 heteroatoms. The number of nitrogens with zero attached hydrogens (tertiary/aromatic N) is 4. The Morgan fingerprint density at radius 1 is 1.14 bits per heavy atom. The molecule has 2 aromatic heterocycles. The van der Waals surface area contributed by atoms with Crippen LogP contribution >= 0.6 is 0 Å². The van der Waals surface area contributed by atoms with Crippen molar-refractivity contribution in [1.29, 1.82) is 0 Å². The fourth-order valence-corrected chi connectivity index (χ4v) is 3.47. The zero-order valence-corrected chi connectivity index (χ0v) is 19.8. The van der Waals surface area contributed by atoms with Crippen LogP contribution in [0.5, 0.6) is 0 Å². The Hall–Kier alpha value is -3.49. The van der Waals surface area contributed by atoms with Gasteiger partial charge in [-0.05, 0) is 30.7 Å². The van der Waals surface area contributed by atoms with Gasteiger partial charge in [-0.2, -0.15) is 18.2 Å². The van der Waals surface area contributed by atoms with Crippen LogP contribution in [0.25, 0.3) is 0 Å². The van der Waals surface area contributed by atoms with Gasteiger partial charge in [0.2, 0.25) is 16.0 Å². The Morgan fingerprint density at radius 3 is 2.37 bits per heavy atom. The van der Waals surface area contributed by atoms with Crippen LogP contribution in [0, 0.1) is 6.92 Å². The maximum Gasteiger partial charge on any atom is 0.421 e. The molecule has 2 heterocycles. The zero-order valence-electron chi connectivity index (χ0n) is 19.0. The van der Waals surface area contributed by atoms with Crippen LogP contribution in [-0.4, -0.2) is 41.8 Å². The van der Waals surface area contributed by atoms with Gasteiger partial charge in [-0.25, -0.2) is 18.4 Å². The van der Waals surface area contributed by atoms with Gasteiger partial charge >= 0.3 is 6.18 Å². The van der Waals surface area contributed by atoms with E-state index in [2.05, 4.69) is 25.6 Å². The Bertz CT molecular complexity index is 1300. The number of hydrogen-bond donors (Lipinski definition) is 4. The third-order valence-corrected chi connectivity index (χ3v) is 6.11. The molecule has 188 valence electrons. The average molecular weight is 512 g/mol. The molecule has 0 saturated carbocycles. The quantitative estimate of drug-likeness (QED) is 0.335. The highest BCUT2D eigenvalue weighted by Crippen LogP contribution is 2.34. The summed E-state index contributed by atoms with van der Waals surface area (Å²) >= 11 is 0. The molecule has 3 rings (SSSR count). The second-order valence-electron chi connectivity index (χ2n) is 7.66. The van der Waals surface area contributed by atoms with Gasteiger partial charge in [0.25, 0.3) is 0 Å². The molecule has 0 radical (unpaired) electrons. The number of pyridine rings is 1. The maximum absolute atomic E-state index is 13.6. The predicted octanol–water partition coefficient (Wildman–Crippen LogP) is 2.90. The van der Waals surface area contributed by atoms with Gasteiger partial charge < -0.3 is 21.5 Å². The molecule has 10 nitrogen and oxygen atoms in total. The van der Waals surface area contributed by atoms with Crippen molar-refractivity contribution in [2.75, 3.05) is 28.2 Å². The lowest BCUT2D eigenvalue weighted by atomic mass is 10.2. The minimum absolute atomic E-state index is 0.0862. The van der Waals surface area contributed by atoms with Gasteiger partial charge in [-0.15, -0.1) is 0 Å². The monoisotopic (exact) mass is 511 g/mol. The molecule has 0 fully saturated rings. The molecule has 5 N–H and O–H groups in total. The minimum atomic E-state index is -4.74. The molecule has 0 amide bonds. The number of anilines is 4. The topological polar surface area (TPSA) is 146 Å². The number of rotatable bonds is 8. The lowest BCUT2D eigenvalue weighted by Gasteiger charge is -2.20. The number of nitrogens with one attached hydrogen (secondary N) is 2. The van der Waals surface area contributed by atoms with E-state index in [0.29, 0.717) is 28.7 Å². The molecule has 3 aromatic rings. The SMILES string of the molecule is Cc1ccc(CNc2nc(Nc3ccc(C(N)O)cc3)ncc2C(F)(F)F)c(N(C)S(C)(=O)=O)n1. The second-order valence-corrected chi connectivity index (χ2v) is 9.68. The number of benzene rings is 1. The number of aryl methyl sites for hydroxylation is 1. The second kappa shape index (κ2) is 10.0. The molecule has 0 aliphatic rings. The first-order valence-corrected chi connectivity index (χ1v) is 12.0.